The number of nitriles is 1. The van der Waals surface area contributed by atoms with E-state index in [1.807, 2.05) is 0 Å². The molecule has 2 saturated heterocycles. The number of sulfonamides is 1. The van der Waals surface area contributed by atoms with Crippen molar-refractivity contribution in [1.29, 1.82) is 5.26 Å². The van der Waals surface area contributed by atoms with Crippen LogP contribution < -0.4 is 0 Å². The Morgan fingerprint density at radius 2 is 2.00 bits per heavy atom. The van der Waals surface area contributed by atoms with E-state index in [9.17, 15) is 13.2 Å². The number of carbonyl (C=O) groups is 1. The van der Waals surface area contributed by atoms with Crippen LogP contribution in [0.1, 0.15) is 11.1 Å². The van der Waals surface area contributed by atoms with Crippen LogP contribution in [0.2, 0.25) is 0 Å². The van der Waals surface area contributed by atoms with Crippen molar-refractivity contribution in [2.75, 3.05) is 39.0 Å². The van der Waals surface area contributed by atoms with Crippen molar-refractivity contribution >= 4 is 15.9 Å². The minimum Gasteiger partial charge on any atom is -0.375 e. The third kappa shape index (κ3) is 4.18. The summed E-state index contributed by atoms with van der Waals surface area (Å²) in [4.78, 5) is 14.3. The molecule has 0 aromatic heterocycles. The number of benzene rings is 1. The molecule has 2 aliphatic rings. The highest BCUT2D eigenvalue weighted by Gasteiger charge is 2.39. The molecule has 25 heavy (non-hydrogen) atoms. The van der Waals surface area contributed by atoms with E-state index >= 15 is 0 Å². The highest BCUT2D eigenvalue weighted by molar-refractivity contribution is 7.88. The molecule has 1 amide bonds. The lowest BCUT2D eigenvalue weighted by atomic mass is 10.1. The molecule has 7 nitrogen and oxygen atoms in total. The summed E-state index contributed by atoms with van der Waals surface area (Å²) in [6.45, 7) is 2.12. The Balaban J connectivity index is 1.63. The fraction of sp³-hybridized carbons (Fsp3) is 0.529. The summed E-state index contributed by atoms with van der Waals surface area (Å²) in [7, 11) is -3.26. The fourth-order valence-corrected chi connectivity index (χ4v) is 4.22. The molecule has 0 aliphatic carbocycles. The number of hydrogen-bond donors (Lipinski definition) is 0. The van der Waals surface area contributed by atoms with Crippen molar-refractivity contribution < 1.29 is 17.9 Å². The maximum atomic E-state index is 12.6. The molecule has 1 aromatic rings. The van der Waals surface area contributed by atoms with E-state index < -0.39 is 10.0 Å². The van der Waals surface area contributed by atoms with Crippen molar-refractivity contribution in [1.82, 2.24) is 9.21 Å². The number of fused-ring (bicyclic) bond motifs is 1. The van der Waals surface area contributed by atoms with Crippen LogP contribution in [-0.4, -0.2) is 68.7 Å². The van der Waals surface area contributed by atoms with E-state index in [1.165, 1.54) is 10.6 Å². The van der Waals surface area contributed by atoms with Gasteiger partial charge in [0.15, 0.2) is 0 Å². The zero-order chi connectivity index (χ0) is 18.0. The van der Waals surface area contributed by atoms with E-state index in [-0.39, 0.29) is 24.3 Å². The van der Waals surface area contributed by atoms with E-state index in [2.05, 4.69) is 6.07 Å². The molecular weight excluding hydrogens is 342 g/mol. The Hall–Kier alpha value is -1.95. The normalized spacial score (nSPS) is 24.4. The number of amides is 1. The van der Waals surface area contributed by atoms with Gasteiger partial charge in [-0.15, -0.1) is 0 Å². The Bertz CT molecular complexity index is 785. The summed E-state index contributed by atoms with van der Waals surface area (Å²) in [6, 6.07) is 9.02. The van der Waals surface area contributed by atoms with Crippen LogP contribution in [0, 0.1) is 17.2 Å². The average molecular weight is 363 g/mol. The summed E-state index contributed by atoms with van der Waals surface area (Å²) in [5.41, 5.74) is 1.42. The van der Waals surface area contributed by atoms with E-state index in [1.54, 1.807) is 29.2 Å². The van der Waals surface area contributed by atoms with Gasteiger partial charge in [0, 0.05) is 32.1 Å². The molecule has 0 N–H and O–H groups in total. The maximum absolute atomic E-state index is 12.6. The number of likely N-dealkylation sites (tertiary alicyclic amines) is 1. The number of ether oxygens (including phenoxy) is 1. The van der Waals surface area contributed by atoms with Gasteiger partial charge < -0.3 is 9.64 Å². The van der Waals surface area contributed by atoms with E-state index in [0.717, 1.165) is 5.56 Å². The summed E-state index contributed by atoms with van der Waals surface area (Å²) >= 11 is 0. The molecule has 0 unspecified atom stereocenters. The Morgan fingerprint density at radius 3 is 2.64 bits per heavy atom. The summed E-state index contributed by atoms with van der Waals surface area (Å²) < 4.78 is 30.8. The summed E-state index contributed by atoms with van der Waals surface area (Å²) in [6.07, 6.45) is 1.36. The first kappa shape index (κ1) is 17.9. The third-order valence-electron chi connectivity index (χ3n) is 4.75. The van der Waals surface area contributed by atoms with Crippen LogP contribution >= 0.6 is 0 Å². The minimum absolute atomic E-state index is 0.00198. The van der Waals surface area contributed by atoms with E-state index in [4.69, 9.17) is 10.00 Å². The van der Waals surface area contributed by atoms with E-state index in [0.29, 0.717) is 38.3 Å². The van der Waals surface area contributed by atoms with Gasteiger partial charge in [-0.3, -0.25) is 4.79 Å². The number of rotatable bonds is 3. The van der Waals surface area contributed by atoms with Crippen LogP contribution in [0.4, 0.5) is 0 Å². The molecule has 2 atom stereocenters. The lowest BCUT2D eigenvalue weighted by Gasteiger charge is -2.21. The molecule has 0 radical (unpaired) electrons. The van der Waals surface area contributed by atoms with Crippen molar-refractivity contribution in [2.45, 2.75) is 12.5 Å². The molecule has 0 saturated carbocycles. The smallest absolute Gasteiger partial charge is 0.227 e. The zero-order valence-electron chi connectivity index (χ0n) is 14.1. The van der Waals surface area contributed by atoms with Crippen LogP contribution in [-0.2, 0) is 26.0 Å². The predicted molar refractivity (Wildman–Crippen MR) is 91.1 cm³/mol. The lowest BCUT2D eigenvalue weighted by molar-refractivity contribution is -0.130. The molecule has 8 heteroatoms. The number of carbonyl (C=O) groups excluding carboxylic acids is 1. The number of hydrogen-bond acceptors (Lipinski definition) is 5. The Morgan fingerprint density at radius 1 is 1.28 bits per heavy atom. The van der Waals surface area contributed by atoms with Crippen LogP contribution in [0.5, 0.6) is 0 Å². The van der Waals surface area contributed by atoms with Crippen molar-refractivity contribution in [3.05, 3.63) is 35.4 Å². The van der Waals surface area contributed by atoms with Crippen LogP contribution in [0.25, 0.3) is 0 Å². The summed E-state index contributed by atoms with van der Waals surface area (Å²) in [5, 5.41) is 8.82. The van der Waals surface area contributed by atoms with Gasteiger partial charge in [-0.25, -0.2) is 8.42 Å². The number of nitrogens with zero attached hydrogens (tertiary/aromatic N) is 3. The maximum Gasteiger partial charge on any atom is 0.227 e. The molecule has 134 valence electrons. The van der Waals surface area contributed by atoms with Crippen molar-refractivity contribution in [3.63, 3.8) is 0 Å². The van der Waals surface area contributed by atoms with Crippen LogP contribution in [0.3, 0.4) is 0 Å². The summed E-state index contributed by atoms with van der Waals surface area (Å²) in [5.74, 6) is -0.00516. The minimum atomic E-state index is -3.26. The molecule has 2 aliphatic heterocycles. The zero-order valence-corrected chi connectivity index (χ0v) is 14.9. The average Bonchev–Trinajstić information content (AvgIpc) is 2.86. The van der Waals surface area contributed by atoms with Gasteiger partial charge in [0.25, 0.3) is 0 Å². The first-order chi connectivity index (χ1) is 11.9. The SMILES string of the molecule is CS(=O)(=O)N1CCO[C@@H]2CN(C(=O)Cc3ccc(C#N)cc3)C[C@@H]2C1. The molecule has 0 spiro atoms. The van der Waals surface area contributed by atoms with Crippen LogP contribution in [0.15, 0.2) is 24.3 Å². The molecule has 2 heterocycles. The molecule has 2 fully saturated rings. The van der Waals surface area contributed by atoms with Gasteiger partial charge in [-0.1, -0.05) is 12.1 Å². The topological polar surface area (TPSA) is 90.7 Å². The third-order valence-corrected chi connectivity index (χ3v) is 6.02. The first-order valence-corrected chi connectivity index (χ1v) is 10.0. The highest BCUT2D eigenvalue weighted by Crippen LogP contribution is 2.25. The second kappa shape index (κ2) is 7.12. The van der Waals surface area contributed by atoms with Crippen molar-refractivity contribution in [3.8, 4) is 6.07 Å². The molecule has 0 bridgehead atoms. The van der Waals surface area contributed by atoms with Gasteiger partial charge in [-0.2, -0.15) is 9.57 Å². The van der Waals surface area contributed by atoms with Gasteiger partial charge in [-0.05, 0) is 17.7 Å². The standard InChI is InChI=1S/C17H21N3O4S/c1-25(22,23)20-6-7-24-16-12-19(10-15(16)11-20)17(21)8-13-2-4-14(9-18)5-3-13/h2-5,15-16H,6-8,10-12H2,1H3/t15-,16-/m1/s1. The lowest BCUT2D eigenvalue weighted by Crippen LogP contribution is -2.37. The molecule has 1 aromatic carbocycles. The second-order valence-corrected chi connectivity index (χ2v) is 8.56. The van der Waals surface area contributed by atoms with Crippen molar-refractivity contribution in [2.24, 2.45) is 5.92 Å². The second-order valence-electron chi connectivity index (χ2n) is 6.57. The largest absolute Gasteiger partial charge is 0.375 e. The fourth-order valence-electron chi connectivity index (χ4n) is 3.35. The Kier molecular flexibility index (Phi) is 5.08. The van der Waals surface area contributed by atoms with Gasteiger partial charge in [0.1, 0.15) is 0 Å². The van der Waals surface area contributed by atoms with Gasteiger partial charge in [0.05, 0.1) is 37.0 Å². The first-order valence-electron chi connectivity index (χ1n) is 8.20. The quantitative estimate of drug-likeness (QED) is 0.766. The molecule has 3 rings (SSSR count). The van der Waals surface area contributed by atoms with Gasteiger partial charge in [0.2, 0.25) is 15.9 Å². The Labute approximate surface area is 147 Å². The monoisotopic (exact) mass is 363 g/mol. The predicted octanol–water partition coefficient (Wildman–Crippen LogP) is 0.220. The molecular formula is C17H21N3O4S. The highest BCUT2D eigenvalue weighted by atomic mass is 32.2. The van der Waals surface area contributed by atoms with Gasteiger partial charge >= 0.3 is 0 Å².